The van der Waals surface area contributed by atoms with E-state index < -0.39 is 6.36 Å². The third-order valence-electron chi connectivity index (χ3n) is 4.58. The maximum atomic E-state index is 12.4. The Labute approximate surface area is 207 Å². The first kappa shape index (κ1) is 24.8. The molecule has 1 aliphatic heterocycles. The molecule has 0 unspecified atom stereocenters. The van der Waals surface area contributed by atoms with E-state index in [1.807, 2.05) is 4.90 Å². The van der Waals surface area contributed by atoms with E-state index in [1.165, 1.54) is 30.5 Å². The second kappa shape index (κ2) is 10.9. The minimum absolute atomic E-state index is 0.150. The van der Waals surface area contributed by atoms with Gasteiger partial charge in [-0.2, -0.15) is 20.1 Å². The summed E-state index contributed by atoms with van der Waals surface area (Å²) < 4.78 is 46.4. The molecule has 0 spiro atoms. The summed E-state index contributed by atoms with van der Waals surface area (Å²) >= 11 is 11.9. The average molecular weight is 528 g/mol. The van der Waals surface area contributed by atoms with Gasteiger partial charge in [0.15, 0.2) is 0 Å². The van der Waals surface area contributed by atoms with Gasteiger partial charge in [-0.25, -0.2) is 5.43 Å². The molecule has 3 aromatic rings. The zero-order chi connectivity index (χ0) is 24.8. The summed E-state index contributed by atoms with van der Waals surface area (Å²) in [6.07, 6.45) is -3.25. The van der Waals surface area contributed by atoms with Gasteiger partial charge in [0.2, 0.25) is 17.8 Å². The first-order valence-electron chi connectivity index (χ1n) is 10.2. The van der Waals surface area contributed by atoms with E-state index in [2.05, 4.69) is 35.5 Å². The standard InChI is InChI=1S/C21H18Cl2F3N7O2/c22-16-6-1-13(11-17(16)23)12-27-32-19-29-18(30-20(31-19)33-7-9-34-10-8-33)28-14-2-4-15(5-3-14)35-21(24,25)26/h1-6,11-12H,7-10H2,(H2,28,29,30,31,32)/b27-12+. The lowest BCUT2D eigenvalue weighted by molar-refractivity contribution is -0.274. The molecular formula is C21H18Cl2F3N7O2. The largest absolute Gasteiger partial charge is 0.573 e. The smallest absolute Gasteiger partial charge is 0.406 e. The second-order valence-corrected chi connectivity index (χ2v) is 7.94. The molecule has 0 atom stereocenters. The summed E-state index contributed by atoms with van der Waals surface area (Å²) in [6, 6.07) is 10.2. The summed E-state index contributed by atoms with van der Waals surface area (Å²) in [4.78, 5) is 15.0. The van der Waals surface area contributed by atoms with Gasteiger partial charge in [-0.3, -0.25) is 0 Å². The fourth-order valence-corrected chi connectivity index (χ4v) is 3.31. The Balaban J connectivity index is 1.53. The maximum Gasteiger partial charge on any atom is 0.573 e. The third kappa shape index (κ3) is 7.31. The Morgan fingerprint density at radius 3 is 2.37 bits per heavy atom. The van der Waals surface area contributed by atoms with Crippen molar-refractivity contribution in [2.45, 2.75) is 6.36 Å². The molecular weight excluding hydrogens is 510 g/mol. The van der Waals surface area contributed by atoms with Crippen LogP contribution in [0.1, 0.15) is 5.56 Å². The zero-order valence-electron chi connectivity index (χ0n) is 17.9. The molecule has 35 heavy (non-hydrogen) atoms. The molecule has 0 bridgehead atoms. The van der Waals surface area contributed by atoms with Crippen LogP contribution in [-0.4, -0.2) is 53.8 Å². The molecule has 0 aliphatic carbocycles. The highest BCUT2D eigenvalue weighted by Crippen LogP contribution is 2.26. The van der Waals surface area contributed by atoms with Crippen LogP contribution in [0.2, 0.25) is 10.0 Å². The Morgan fingerprint density at radius 1 is 0.971 bits per heavy atom. The van der Waals surface area contributed by atoms with E-state index in [-0.39, 0.29) is 17.6 Å². The van der Waals surface area contributed by atoms with Crippen LogP contribution in [0.4, 0.5) is 36.7 Å². The predicted molar refractivity (Wildman–Crippen MR) is 127 cm³/mol. The Kier molecular flexibility index (Phi) is 7.73. The fraction of sp³-hybridized carbons (Fsp3) is 0.238. The second-order valence-electron chi connectivity index (χ2n) is 7.12. The maximum absolute atomic E-state index is 12.4. The van der Waals surface area contributed by atoms with E-state index in [9.17, 15) is 13.2 Å². The number of aromatic nitrogens is 3. The summed E-state index contributed by atoms with van der Waals surface area (Å²) in [5.41, 5.74) is 3.91. The van der Waals surface area contributed by atoms with Crippen LogP contribution < -0.4 is 20.4 Å². The van der Waals surface area contributed by atoms with Crippen molar-refractivity contribution in [1.82, 2.24) is 15.0 Å². The van der Waals surface area contributed by atoms with Gasteiger partial charge < -0.3 is 19.7 Å². The van der Waals surface area contributed by atoms with Crippen molar-refractivity contribution in [2.75, 3.05) is 41.9 Å². The Hall–Kier alpha value is -3.35. The molecule has 0 amide bonds. The number of nitrogens with zero attached hydrogens (tertiary/aromatic N) is 5. The molecule has 14 heteroatoms. The zero-order valence-corrected chi connectivity index (χ0v) is 19.4. The molecule has 2 N–H and O–H groups in total. The molecule has 0 radical (unpaired) electrons. The van der Waals surface area contributed by atoms with E-state index in [1.54, 1.807) is 18.2 Å². The van der Waals surface area contributed by atoms with Gasteiger partial charge in [0.25, 0.3) is 0 Å². The lowest BCUT2D eigenvalue weighted by Crippen LogP contribution is -2.37. The van der Waals surface area contributed by atoms with Gasteiger partial charge in [-0.1, -0.05) is 29.3 Å². The monoisotopic (exact) mass is 527 g/mol. The van der Waals surface area contributed by atoms with Crippen molar-refractivity contribution in [1.29, 1.82) is 0 Å². The number of hydrogen-bond acceptors (Lipinski definition) is 9. The van der Waals surface area contributed by atoms with Gasteiger partial charge in [0.1, 0.15) is 5.75 Å². The van der Waals surface area contributed by atoms with Crippen molar-refractivity contribution in [3.05, 3.63) is 58.1 Å². The lowest BCUT2D eigenvalue weighted by atomic mass is 10.2. The highest BCUT2D eigenvalue weighted by Gasteiger charge is 2.31. The molecule has 184 valence electrons. The van der Waals surface area contributed by atoms with Crippen molar-refractivity contribution < 1.29 is 22.6 Å². The molecule has 0 saturated carbocycles. The van der Waals surface area contributed by atoms with Crippen LogP contribution in [0.25, 0.3) is 0 Å². The Bertz CT molecular complexity index is 1190. The number of anilines is 4. The number of alkyl halides is 3. The SMILES string of the molecule is FC(F)(F)Oc1ccc(Nc2nc(N/N=C/c3ccc(Cl)c(Cl)c3)nc(N3CCOCC3)n2)cc1. The summed E-state index contributed by atoms with van der Waals surface area (Å²) in [6.45, 7) is 2.21. The van der Waals surface area contributed by atoms with E-state index in [0.717, 1.165) is 0 Å². The van der Waals surface area contributed by atoms with Gasteiger partial charge in [-0.05, 0) is 42.0 Å². The van der Waals surface area contributed by atoms with Gasteiger partial charge in [-0.15, -0.1) is 13.2 Å². The normalized spacial score (nSPS) is 14.3. The molecule has 2 heterocycles. The first-order chi connectivity index (χ1) is 16.7. The van der Waals surface area contributed by atoms with Crippen molar-refractivity contribution in [3.8, 4) is 5.75 Å². The number of hydrogen-bond donors (Lipinski definition) is 2. The first-order valence-corrected chi connectivity index (χ1v) is 11.0. The van der Waals surface area contributed by atoms with Crippen molar-refractivity contribution >= 4 is 52.9 Å². The molecule has 1 saturated heterocycles. The van der Waals surface area contributed by atoms with Crippen LogP contribution >= 0.6 is 23.2 Å². The van der Waals surface area contributed by atoms with E-state index in [4.69, 9.17) is 27.9 Å². The number of halogens is 5. The van der Waals surface area contributed by atoms with Crippen LogP contribution in [-0.2, 0) is 4.74 Å². The summed E-state index contributed by atoms with van der Waals surface area (Å²) in [7, 11) is 0. The van der Waals surface area contributed by atoms with Crippen LogP contribution in [0, 0.1) is 0 Å². The summed E-state index contributed by atoms with van der Waals surface area (Å²) in [5, 5.41) is 7.91. The average Bonchev–Trinajstić information content (AvgIpc) is 2.82. The lowest BCUT2D eigenvalue weighted by Gasteiger charge is -2.27. The van der Waals surface area contributed by atoms with Crippen molar-refractivity contribution in [2.24, 2.45) is 5.10 Å². The molecule has 1 fully saturated rings. The molecule has 1 aromatic heterocycles. The highest BCUT2D eigenvalue weighted by atomic mass is 35.5. The minimum Gasteiger partial charge on any atom is -0.406 e. The van der Waals surface area contributed by atoms with Gasteiger partial charge in [0, 0.05) is 18.8 Å². The predicted octanol–water partition coefficient (Wildman–Crippen LogP) is 5.10. The summed E-state index contributed by atoms with van der Waals surface area (Å²) in [5.74, 6) is 0.359. The highest BCUT2D eigenvalue weighted by molar-refractivity contribution is 6.42. The van der Waals surface area contributed by atoms with Crippen LogP contribution in [0.3, 0.4) is 0 Å². The van der Waals surface area contributed by atoms with Crippen molar-refractivity contribution in [3.63, 3.8) is 0 Å². The molecule has 9 nitrogen and oxygen atoms in total. The van der Waals surface area contributed by atoms with Crippen LogP contribution in [0.5, 0.6) is 5.75 Å². The number of rotatable bonds is 7. The van der Waals surface area contributed by atoms with Gasteiger partial charge in [0.05, 0.1) is 29.5 Å². The molecule has 2 aromatic carbocycles. The topological polar surface area (TPSA) is 96.8 Å². The number of nitrogens with one attached hydrogen (secondary N) is 2. The van der Waals surface area contributed by atoms with E-state index >= 15 is 0 Å². The number of benzene rings is 2. The van der Waals surface area contributed by atoms with E-state index in [0.29, 0.717) is 53.5 Å². The Morgan fingerprint density at radius 2 is 1.69 bits per heavy atom. The fourth-order valence-electron chi connectivity index (χ4n) is 3.00. The van der Waals surface area contributed by atoms with Gasteiger partial charge >= 0.3 is 6.36 Å². The third-order valence-corrected chi connectivity index (χ3v) is 5.32. The quantitative estimate of drug-likeness (QED) is 0.323. The van der Waals surface area contributed by atoms with Crippen LogP contribution in [0.15, 0.2) is 47.6 Å². The number of ether oxygens (including phenoxy) is 2. The molecule has 4 rings (SSSR count). The minimum atomic E-state index is -4.77. The number of morpholine rings is 1. The molecule has 1 aliphatic rings. The number of hydrazone groups is 1.